The summed E-state index contributed by atoms with van der Waals surface area (Å²) in [5, 5.41) is 12.5. The largest absolute Gasteiger partial charge is 0.174 e. The molecule has 0 N–H and O–H groups in total. The van der Waals surface area contributed by atoms with Crippen LogP contribution in [0.4, 0.5) is 0 Å². The van der Waals surface area contributed by atoms with E-state index in [9.17, 15) is 0 Å². The van der Waals surface area contributed by atoms with Gasteiger partial charge in [-0.2, -0.15) is 4.80 Å². The molecule has 0 atom stereocenters. The third kappa shape index (κ3) is 4.91. The average molecular weight is 210 g/mol. The molecule has 86 valence electrons. The van der Waals surface area contributed by atoms with Gasteiger partial charge in [-0.25, -0.2) is 0 Å². The van der Waals surface area contributed by atoms with Gasteiger partial charge < -0.3 is 0 Å². The molecule has 0 aliphatic carbocycles. The lowest BCUT2D eigenvalue weighted by molar-refractivity contribution is 0.299. The summed E-state index contributed by atoms with van der Waals surface area (Å²) in [6.07, 6.45) is 4.60. The Kier molecular flexibility index (Phi) is 4.24. The Balaban J connectivity index is 2.42. The molecule has 15 heavy (non-hydrogen) atoms. The van der Waals surface area contributed by atoms with Gasteiger partial charge in [-0.1, -0.05) is 40.5 Å². The molecule has 4 heteroatoms. The minimum absolute atomic E-state index is 0.210. The van der Waals surface area contributed by atoms with Crippen LogP contribution in [0.2, 0.25) is 0 Å². The molecule has 0 bridgehead atoms. The Morgan fingerprint density at radius 3 is 2.53 bits per heavy atom. The third-order valence-corrected chi connectivity index (χ3v) is 2.11. The van der Waals surface area contributed by atoms with Crippen molar-refractivity contribution in [1.82, 2.24) is 20.2 Å². The van der Waals surface area contributed by atoms with Crippen molar-refractivity contribution in [2.45, 2.75) is 59.9 Å². The highest BCUT2D eigenvalue weighted by Gasteiger charge is 2.13. The van der Waals surface area contributed by atoms with Gasteiger partial charge in [0, 0.05) is 6.42 Å². The zero-order valence-corrected chi connectivity index (χ0v) is 10.3. The lowest BCUT2D eigenvalue weighted by Crippen LogP contribution is -2.17. The van der Waals surface area contributed by atoms with Crippen LogP contribution in [0.15, 0.2) is 0 Å². The van der Waals surface area contributed by atoms with Gasteiger partial charge in [0.1, 0.15) is 0 Å². The Bertz CT molecular complexity index is 285. The third-order valence-electron chi connectivity index (χ3n) is 2.11. The number of hydrogen-bond acceptors (Lipinski definition) is 3. The van der Waals surface area contributed by atoms with Crippen LogP contribution in [0.1, 0.15) is 52.8 Å². The van der Waals surface area contributed by atoms with Gasteiger partial charge in [0.25, 0.3) is 0 Å². The standard InChI is InChI=1S/C11H22N4/c1-5-6-7-8-10-12-14-15(13-10)9-11(2,3)4/h5-9H2,1-4H3. The van der Waals surface area contributed by atoms with Crippen molar-refractivity contribution in [2.75, 3.05) is 0 Å². The van der Waals surface area contributed by atoms with E-state index >= 15 is 0 Å². The van der Waals surface area contributed by atoms with Gasteiger partial charge >= 0.3 is 0 Å². The molecule has 1 aromatic rings. The molecule has 0 fully saturated rings. The summed E-state index contributed by atoms with van der Waals surface area (Å²) in [6, 6.07) is 0. The van der Waals surface area contributed by atoms with E-state index in [0.717, 1.165) is 25.2 Å². The van der Waals surface area contributed by atoms with E-state index in [0.29, 0.717) is 0 Å². The average Bonchev–Trinajstić information content (AvgIpc) is 2.50. The minimum Gasteiger partial charge on any atom is -0.164 e. The SMILES string of the molecule is CCCCCc1nnn(CC(C)(C)C)n1. The van der Waals surface area contributed by atoms with Crippen LogP contribution >= 0.6 is 0 Å². The van der Waals surface area contributed by atoms with Crippen LogP contribution in [-0.4, -0.2) is 20.2 Å². The van der Waals surface area contributed by atoms with E-state index in [1.54, 1.807) is 4.80 Å². The molecule has 1 heterocycles. The fourth-order valence-corrected chi connectivity index (χ4v) is 1.40. The molecule has 0 radical (unpaired) electrons. The second kappa shape index (κ2) is 5.24. The minimum atomic E-state index is 0.210. The van der Waals surface area contributed by atoms with Gasteiger partial charge in [-0.3, -0.25) is 0 Å². The molecule has 1 aromatic heterocycles. The van der Waals surface area contributed by atoms with E-state index in [1.165, 1.54) is 12.8 Å². The van der Waals surface area contributed by atoms with Crippen molar-refractivity contribution in [2.24, 2.45) is 5.41 Å². The van der Waals surface area contributed by atoms with Gasteiger partial charge in [-0.05, 0) is 17.0 Å². The molecule has 0 amide bonds. The number of hydrogen-bond donors (Lipinski definition) is 0. The summed E-state index contributed by atoms with van der Waals surface area (Å²) in [5.41, 5.74) is 0.210. The number of rotatable bonds is 5. The topological polar surface area (TPSA) is 43.6 Å². The number of tetrazole rings is 1. The van der Waals surface area contributed by atoms with Crippen LogP contribution < -0.4 is 0 Å². The fourth-order valence-electron chi connectivity index (χ4n) is 1.40. The van der Waals surface area contributed by atoms with Gasteiger partial charge in [0.15, 0.2) is 5.82 Å². The number of unbranched alkanes of at least 4 members (excludes halogenated alkanes) is 2. The highest BCUT2D eigenvalue weighted by Crippen LogP contribution is 2.14. The number of aryl methyl sites for hydroxylation is 1. The maximum atomic E-state index is 4.36. The summed E-state index contributed by atoms with van der Waals surface area (Å²) < 4.78 is 0. The van der Waals surface area contributed by atoms with Crippen LogP contribution in [0.5, 0.6) is 0 Å². The number of nitrogens with zero attached hydrogens (tertiary/aromatic N) is 4. The zero-order valence-electron chi connectivity index (χ0n) is 10.3. The highest BCUT2D eigenvalue weighted by molar-refractivity contribution is 4.77. The van der Waals surface area contributed by atoms with Crippen molar-refractivity contribution in [3.05, 3.63) is 5.82 Å². The zero-order chi connectivity index (χ0) is 11.3. The molecule has 4 nitrogen and oxygen atoms in total. The van der Waals surface area contributed by atoms with Crippen LogP contribution in [0.3, 0.4) is 0 Å². The van der Waals surface area contributed by atoms with E-state index in [1.807, 2.05) is 0 Å². The van der Waals surface area contributed by atoms with E-state index in [-0.39, 0.29) is 5.41 Å². The van der Waals surface area contributed by atoms with Gasteiger partial charge in [-0.15, -0.1) is 10.2 Å². The highest BCUT2D eigenvalue weighted by atomic mass is 15.6. The van der Waals surface area contributed by atoms with E-state index in [2.05, 4.69) is 43.1 Å². The maximum Gasteiger partial charge on any atom is 0.174 e. The summed E-state index contributed by atoms with van der Waals surface area (Å²) >= 11 is 0. The molecular formula is C11H22N4. The maximum absolute atomic E-state index is 4.36. The van der Waals surface area contributed by atoms with Crippen molar-refractivity contribution >= 4 is 0 Å². The van der Waals surface area contributed by atoms with Gasteiger partial charge in [0.05, 0.1) is 6.54 Å². The predicted molar refractivity (Wildman–Crippen MR) is 60.5 cm³/mol. The Morgan fingerprint density at radius 1 is 1.20 bits per heavy atom. The summed E-state index contributed by atoms with van der Waals surface area (Å²) in [6.45, 7) is 9.55. The Morgan fingerprint density at radius 2 is 1.93 bits per heavy atom. The quantitative estimate of drug-likeness (QED) is 0.701. The molecule has 0 aliphatic heterocycles. The summed E-state index contributed by atoms with van der Waals surface area (Å²) in [5.74, 6) is 0.882. The molecule has 0 saturated heterocycles. The van der Waals surface area contributed by atoms with Crippen molar-refractivity contribution in [3.63, 3.8) is 0 Å². The Hall–Kier alpha value is -0.930. The fraction of sp³-hybridized carbons (Fsp3) is 0.909. The smallest absolute Gasteiger partial charge is 0.164 e. The van der Waals surface area contributed by atoms with Gasteiger partial charge in [0.2, 0.25) is 0 Å². The summed E-state index contributed by atoms with van der Waals surface area (Å²) in [4.78, 5) is 1.71. The van der Waals surface area contributed by atoms with Crippen molar-refractivity contribution in [3.8, 4) is 0 Å². The van der Waals surface area contributed by atoms with E-state index in [4.69, 9.17) is 0 Å². The summed E-state index contributed by atoms with van der Waals surface area (Å²) in [7, 11) is 0. The lowest BCUT2D eigenvalue weighted by Gasteiger charge is -2.15. The molecular weight excluding hydrogens is 188 g/mol. The lowest BCUT2D eigenvalue weighted by atomic mass is 9.97. The van der Waals surface area contributed by atoms with Crippen LogP contribution in [0.25, 0.3) is 0 Å². The first-order valence-corrected chi connectivity index (χ1v) is 5.78. The molecule has 0 aromatic carbocycles. The van der Waals surface area contributed by atoms with Crippen LogP contribution in [-0.2, 0) is 13.0 Å². The second-order valence-corrected chi connectivity index (χ2v) is 5.25. The Labute approximate surface area is 92.1 Å². The second-order valence-electron chi connectivity index (χ2n) is 5.25. The molecule has 1 rings (SSSR count). The monoisotopic (exact) mass is 210 g/mol. The first-order chi connectivity index (χ1) is 7.01. The molecule has 0 spiro atoms. The normalized spacial score (nSPS) is 12.0. The van der Waals surface area contributed by atoms with Crippen LogP contribution in [0, 0.1) is 5.41 Å². The predicted octanol–water partition coefficient (Wildman–Crippen LogP) is 2.45. The first-order valence-electron chi connectivity index (χ1n) is 5.78. The van der Waals surface area contributed by atoms with Crippen molar-refractivity contribution < 1.29 is 0 Å². The number of aromatic nitrogens is 4. The molecule has 0 aliphatic rings. The van der Waals surface area contributed by atoms with E-state index < -0.39 is 0 Å². The molecule has 0 unspecified atom stereocenters. The van der Waals surface area contributed by atoms with Crippen molar-refractivity contribution in [1.29, 1.82) is 0 Å². The first kappa shape index (κ1) is 12.1. The molecule has 0 saturated carbocycles.